The summed E-state index contributed by atoms with van der Waals surface area (Å²) in [4.78, 5) is 15.0. The van der Waals surface area contributed by atoms with Crippen molar-refractivity contribution in [1.82, 2.24) is 9.47 Å². The molecule has 0 bridgehead atoms. The molecule has 7 heteroatoms. The number of aromatic nitrogens is 1. The van der Waals surface area contributed by atoms with Crippen LogP contribution in [0.3, 0.4) is 0 Å². The molecule has 1 aromatic heterocycles. The number of likely N-dealkylation sites (tertiary alicyclic amines) is 1. The largest absolute Gasteiger partial charge is 0.347 e. The molecular weight excluding hydrogens is 356 g/mol. The minimum absolute atomic E-state index is 0.0579. The fraction of sp³-hybridized carbons (Fsp3) is 0.714. The first kappa shape index (κ1) is 19.4. The van der Waals surface area contributed by atoms with Crippen molar-refractivity contribution in [3.63, 3.8) is 0 Å². The molecule has 0 aromatic carbocycles. The first-order valence-corrected chi connectivity index (χ1v) is 10.4. The Morgan fingerprint density at radius 1 is 1.21 bits per heavy atom. The summed E-state index contributed by atoms with van der Waals surface area (Å²) in [5, 5.41) is 12.8. The molecule has 7 nitrogen and oxygen atoms in total. The SMILES string of the molecule is Cc1c(C#N)c(NC(=O)CN2CCC3(CC2)OCCO3)n(C2CCCC2)c1C. The monoisotopic (exact) mass is 386 g/mol. The van der Waals surface area contributed by atoms with Crippen molar-refractivity contribution in [2.45, 2.75) is 64.2 Å². The van der Waals surface area contributed by atoms with Crippen LogP contribution in [0.15, 0.2) is 0 Å². The van der Waals surface area contributed by atoms with Gasteiger partial charge in [0.25, 0.3) is 0 Å². The van der Waals surface area contributed by atoms with Crippen LogP contribution in [0, 0.1) is 25.2 Å². The number of carbonyl (C=O) groups is 1. The van der Waals surface area contributed by atoms with Gasteiger partial charge in [0.1, 0.15) is 11.9 Å². The fourth-order valence-electron chi connectivity index (χ4n) is 4.92. The van der Waals surface area contributed by atoms with Crippen molar-refractivity contribution in [2.24, 2.45) is 0 Å². The Hall–Kier alpha value is -1.88. The maximum absolute atomic E-state index is 12.8. The Kier molecular flexibility index (Phi) is 5.46. The number of ether oxygens (including phenoxy) is 2. The third-order valence-corrected chi connectivity index (χ3v) is 6.61. The molecule has 1 N–H and O–H groups in total. The van der Waals surface area contributed by atoms with Crippen molar-refractivity contribution >= 4 is 11.7 Å². The van der Waals surface area contributed by atoms with Crippen LogP contribution in [0.1, 0.15) is 61.4 Å². The van der Waals surface area contributed by atoms with E-state index < -0.39 is 5.79 Å². The van der Waals surface area contributed by atoms with Gasteiger partial charge in [-0.3, -0.25) is 9.69 Å². The Bertz CT molecular complexity index is 773. The van der Waals surface area contributed by atoms with Gasteiger partial charge in [-0.1, -0.05) is 12.8 Å². The summed E-state index contributed by atoms with van der Waals surface area (Å²) in [7, 11) is 0. The minimum Gasteiger partial charge on any atom is -0.347 e. The fourth-order valence-corrected chi connectivity index (χ4v) is 4.92. The zero-order valence-corrected chi connectivity index (χ0v) is 16.9. The number of nitriles is 1. The van der Waals surface area contributed by atoms with E-state index in [0.717, 1.165) is 50.0 Å². The summed E-state index contributed by atoms with van der Waals surface area (Å²) in [5.41, 5.74) is 2.66. The van der Waals surface area contributed by atoms with Gasteiger partial charge in [0, 0.05) is 37.7 Å². The van der Waals surface area contributed by atoms with Crippen LogP contribution in [-0.2, 0) is 14.3 Å². The lowest BCUT2D eigenvalue weighted by molar-refractivity contribution is -0.185. The lowest BCUT2D eigenvalue weighted by atomic mass is 10.0. The maximum atomic E-state index is 12.8. The molecule has 2 saturated heterocycles. The zero-order chi connectivity index (χ0) is 19.7. The normalized spacial score (nSPS) is 22.6. The standard InChI is InChI=1S/C21H30N4O3/c1-15-16(2)25(17-5-3-4-6-17)20(18(15)13-22)23-19(26)14-24-9-7-21(8-10-24)27-11-12-28-21/h17H,3-12,14H2,1-2H3,(H,23,26). The summed E-state index contributed by atoms with van der Waals surface area (Å²) < 4.78 is 13.7. The van der Waals surface area contributed by atoms with E-state index in [4.69, 9.17) is 9.47 Å². The van der Waals surface area contributed by atoms with E-state index in [-0.39, 0.29) is 5.91 Å². The number of hydrogen-bond acceptors (Lipinski definition) is 5. The molecule has 1 amide bonds. The van der Waals surface area contributed by atoms with Crippen LogP contribution < -0.4 is 5.32 Å². The second kappa shape index (κ2) is 7.86. The average Bonchev–Trinajstić information content (AvgIpc) is 3.40. The molecule has 0 unspecified atom stereocenters. The number of anilines is 1. The number of hydrogen-bond donors (Lipinski definition) is 1. The highest BCUT2D eigenvalue weighted by atomic mass is 16.7. The first-order chi connectivity index (χ1) is 13.5. The van der Waals surface area contributed by atoms with Gasteiger partial charge >= 0.3 is 0 Å². The molecule has 152 valence electrons. The van der Waals surface area contributed by atoms with Crippen LogP contribution in [0.25, 0.3) is 0 Å². The zero-order valence-electron chi connectivity index (χ0n) is 16.9. The number of amides is 1. The van der Waals surface area contributed by atoms with Crippen LogP contribution >= 0.6 is 0 Å². The number of rotatable bonds is 4. The highest BCUT2D eigenvalue weighted by Gasteiger charge is 2.40. The molecule has 0 atom stereocenters. The van der Waals surface area contributed by atoms with E-state index in [0.29, 0.717) is 37.2 Å². The summed E-state index contributed by atoms with van der Waals surface area (Å²) >= 11 is 0. The second-order valence-corrected chi connectivity index (χ2v) is 8.29. The molecule has 0 radical (unpaired) electrons. The highest BCUT2D eigenvalue weighted by molar-refractivity contribution is 5.93. The first-order valence-electron chi connectivity index (χ1n) is 10.4. The third kappa shape index (κ3) is 3.57. The number of carbonyl (C=O) groups excluding carboxylic acids is 1. The third-order valence-electron chi connectivity index (χ3n) is 6.61. The summed E-state index contributed by atoms with van der Waals surface area (Å²) in [6.45, 7) is 7.23. The number of nitrogens with one attached hydrogen (secondary N) is 1. The molecule has 3 aliphatic rings. The Morgan fingerprint density at radius 3 is 2.46 bits per heavy atom. The second-order valence-electron chi connectivity index (χ2n) is 8.29. The Morgan fingerprint density at radius 2 is 1.86 bits per heavy atom. The van der Waals surface area contributed by atoms with E-state index in [9.17, 15) is 10.1 Å². The van der Waals surface area contributed by atoms with Crippen molar-refractivity contribution in [3.05, 3.63) is 16.8 Å². The maximum Gasteiger partial charge on any atom is 0.239 e. The predicted octanol–water partition coefficient (Wildman–Crippen LogP) is 2.87. The van der Waals surface area contributed by atoms with Gasteiger partial charge in [-0.15, -0.1) is 0 Å². The van der Waals surface area contributed by atoms with Gasteiger partial charge in [-0.25, -0.2) is 0 Å². The quantitative estimate of drug-likeness (QED) is 0.861. The topological polar surface area (TPSA) is 79.5 Å². The van der Waals surface area contributed by atoms with Crippen molar-refractivity contribution in [3.8, 4) is 6.07 Å². The molecular formula is C21H30N4O3. The van der Waals surface area contributed by atoms with Crippen LogP contribution in [-0.4, -0.2) is 54.0 Å². The predicted molar refractivity (Wildman–Crippen MR) is 105 cm³/mol. The molecule has 1 saturated carbocycles. The van der Waals surface area contributed by atoms with Crippen LogP contribution in [0.5, 0.6) is 0 Å². The van der Waals surface area contributed by atoms with Gasteiger partial charge in [-0.2, -0.15) is 5.26 Å². The van der Waals surface area contributed by atoms with E-state index in [1.165, 1.54) is 12.8 Å². The van der Waals surface area contributed by atoms with Gasteiger partial charge in [0.2, 0.25) is 5.91 Å². The molecule has 1 aliphatic carbocycles. The Balaban J connectivity index is 1.44. The molecule has 4 rings (SSSR count). The van der Waals surface area contributed by atoms with Gasteiger partial charge < -0.3 is 19.4 Å². The van der Waals surface area contributed by atoms with Crippen LogP contribution in [0.2, 0.25) is 0 Å². The lowest BCUT2D eigenvalue weighted by Gasteiger charge is -2.37. The molecule has 2 aliphatic heterocycles. The molecule has 28 heavy (non-hydrogen) atoms. The lowest BCUT2D eigenvalue weighted by Crippen LogP contribution is -2.47. The highest BCUT2D eigenvalue weighted by Crippen LogP contribution is 2.38. The van der Waals surface area contributed by atoms with Crippen molar-refractivity contribution in [2.75, 3.05) is 38.2 Å². The van der Waals surface area contributed by atoms with E-state index in [1.807, 2.05) is 6.92 Å². The summed E-state index contributed by atoms with van der Waals surface area (Å²) in [6, 6.07) is 2.69. The molecule has 1 spiro atoms. The number of nitrogens with zero attached hydrogens (tertiary/aromatic N) is 3. The van der Waals surface area contributed by atoms with E-state index >= 15 is 0 Å². The van der Waals surface area contributed by atoms with Gasteiger partial charge in [0.05, 0.1) is 25.3 Å². The van der Waals surface area contributed by atoms with Gasteiger partial charge in [0.15, 0.2) is 5.79 Å². The summed E-state index contributed by atoms with van der Waals surface area (Å²) in [6.07, 6.45) is 6.21. The molecule has 3 fully saturated rings. The minimum atomic E-state index is -0.424. The molecule has 3 heterocycles. The van der Waals surface area contributed by atoms with Crippen LogP contribution in [0.4, 0.5) is 5.82 Å². The van der Waals surface area contributed by atoms with E-state index in [1.54, 1.807) is 0 Å². The molecule has 1 aromatic rings. The average molecular weight is 386 g/mol. The number of piperidine rings is 1. The smallest absolute Gasteiger partial charge is 0.239 e. The summed E-state index contributed by atoms with van der Waals surface area (Å²) in [5.74, 6) is 0.203. The van der Waals surface area contributed by atoms with E-state index in [2.05, 4.69) is 27.8 Å². The Labute approximate surface area is 166 Å². The van der Waals surface area contributed by atoms with Crippen molar-refractivity contribution in [1.29, 1.82) is 5.26 Å². The van der Waals surface area contributed by atoms with Gasteiger partial charge in [-0.05, 0) is 32.3 Å². The van der Waals surface area contributed by atoms with Crippen molar-refractivity contribution < 1.29 is 14.3 Å².